The number of aromatic nitrogens is 2. The Bertz CT molecular complexity index is 922. The third kappa shape index (κ3) is 4.70. The van der Waals surface area contributed by atoms with Gasteiger partial charge in [-0.05, 0) is 44.0 Å². The molecule has 1 amide bonds. The van der Waals surface area contributed by atoms with Crippen LogP contribution in [0.3, 0.4) is 0 Å². The summed E-state index contributed by atoms with van der Waals surface area (Å²) in [5.74, 6) is 0.498. The van der Waals surface area contributed by atoms with Crippen molar-refractivity contribution in [3.05, 3.63) is 83.3 Å². The van der Waals surface area contributed by atoms with Crippen molar-refractivity contribution in [1.29, 1.82) is 0 Å². The van der Waals surface area contributed by atoms with E-state index in [0.29, 0.717) is 18.1 Å². The van der Waals surface area contributed by atoms with E-state index in [2.05, 4.69) is 46.2 Å². The molecule has 0 bridgehead atoms. The number of hydrogen-bond donors (Lipinski definition) is 1. The van der Waals surface area contributed by atoms with E-state index in [4.69, 9.17) is 0 Å². The summed E-state index contributed by atoms with van der Waals surface area (Å²) in [5.41, 5.74) is 4.83. The summed E-state index contributed by atoms with van der Waals surface area (Å²) < 4.78 is 0. The van der Waals surface area contributed by atoms with Gasteiger partial charge in [0.15, 0.2) is 0 Å². The van der Waals surface area contributed by atoms with Crippen molar-refractivity contribution < 1.29 is 4.79 Å². The summed E-state index contributed by atoms with van der Waals surface area (Å²) in [6, 6.07) is 18.0. The molecule has 0 saturated carbocycles. The van der Waals surface area contributed by atoms with E-state index in [9.17, 15) is 4.79 Å². The number of nitrogens with zero attached hydrogens (tertiary/aromatic N) is 3. The monoisotopic (exact) mass is 360 g/mol. The average molecular weight is 360 g/mol. The van der Waals surface area contributed by atoms with Crippen molar-refractivity contribution in [1.82, 2.24) is 15.3 Å². The van der Waals surface area contributed by atoms with Crippen LogP contribution in [-0.4, -0.2) is 22.4 Å². The van der Waals surface area contributed by atoms with Crippen molar-refractivity contribution in [2.24, 2.45) is 0 Å². The fourth-order valence-electron chi connectivity index (χ4n) is 2.87. The quantitative estimate of drug-likeness (QED) is 0.716. The number of nitrogens with one attached hydrogen (secondary N) is 1. The molecule has 1 aromatic heterocycles. The number of benzene rings is 2. The van der Waals surface area contributed by atoms with Crippen LogP contribution in [0.4, 0.5) is 11.5 Å². The van der Waals surface area contributed by atoms with Gasteiger partial charge < -0.3 is 10.2 Å². The van der Waals surface area contributed by atoms with Gasteiger partial charge in [-0.3, -0.25) is 4.79 Å². The number of rotatable bonds is 6. The average Bonchev–Trinajstić information content (AvgIpc) is 2.68. The normalized spacial score (nSPS) is 10.5. The minimum atomic E-state index is -0.209. The van der Waals surface area contributed by atoms with Gasteiger partial charge in [0.05, 0.1) is 0 Å². The summed E-state index contributed by atoms with van der Waals surface area (Å²) in [6.45, 7) is 7.36. The minimum absolute atomic E-state index is 0.209. The van der Waals surface area contributed by atoms with Crippen molar-refractivity contribution in [3.8, 4) is 0 Å². The van der Waals surface area contributed by atoms with E-state index in [-0.39, 0.29) is 5.91 Å². The van der Waals surface area contributed by atoms with Crippen LogP contribution in [0.5, 0.6) is 0 Å². The SMILES string of the molecule is CCN(c1cccc(C)c1)c1cc(C(=O)NCc2ccc(C)cc2)ncn1. The number of aryl methyl sites for hydroxylation is 2. The molecule has 0 aliphatic rings. The van der Waals surface area contributed by atoms with Gasteiger partial charge in [-0.15, -0.1) is 0 Å². The lowest BCUT2D eigenvalue weighted by atomic mass is 10.1. The summed E-state index contributed by atoms with van der Waals surface area (Å²) in [7, 11) is 0. The molecule has 0 spiro atoms. The van der Waals surface area contributed by atoms with Gasteiger partial charge in [-0.25, -0.2) is 9.97 Å². The topological polar surface area (TPSA) is 58.1 Å². The van der Waals surface area contributed by atoms with Crippen LogP contribution in [0.2, 0.25) is 0 Å². The summed E-state index contributed by atoms with van der Waals surface area (Å²) >= 11 is 0. The van der Waals surface area contributed by atoms with Gasteiger partial charge in [0.25, 0.3) is 5.91 Å². The van der Waals surface area contributed by atoms with E-state index < -0.39 is 0 Å². The molecule has 0 atom stereocenters. The van der Waals surface area contributed by atoms with Gasteiger partial charge in [0.2, 0.25) is 0 Å². The van der Waals surface area contributed by atoms with Crippen LogP contribution in [-0.2, 0) is 6.54 Å². The van der Waals surface area contributed by atoms with Crippen LogP contribution in [0, 0.1) is 13.8 Å². The molecule has 5 nitrogen and oxygen atoms in total. The molecule has 0 aliphatic heterocycles. The molecule has 0 aliphatic carbocycles. The van der Waals surface area contributed by atoms with E-state index in [1.807, 2.05) is 43.3 Å². The molecular formula is C22H24N4O. The summed E-state index contributed by atoms with van der Waals surface area (Å²) in [6.07, 6.45) is 1.44. The molecule has 3 aromatic rings. The highest BCUT2D eigenvalue weighted by Crippen LogP contribution is 2.24. The Labute approximate surface area is 160 Å². The Morgan fingerprint density at radius 3 is 2.48 bits per heavy atom. The third-order valence-electron chi connectivity index (χ3n) is 4.37. The number of anilines is 2. The van der Waals surface area contributed by atoms with Crippen molar-refractivity contribution in [3.63, 3.8) is 0 Å². The Balaban J connectivity index is 1.75. The predicted octanol–water partition coefficient (Wildman–Crippen LogP) is 4.18. The second-order valence-corrected chi connectivity index (χ2v) is 6.51. The number of carbonyl (C=O) groups is 1. The second-order valence-electron chi connectivity index (χ2n) is 6.51. The molecule has 138 valence electrons. The van der Waals surface area contributed by atoms with Crippen LogP contribution < -0.4 is 10.2 Å². The number of carbonyl (C=O) groups excluding carboxylic acids is 1. The maximum absolute atomic E-state index is 12.5. The Morgan fingerprint density at radius 2 is 1.78 bits per heavy atom. The summed E-state index contributed by atoms with van der Waals surface area (Å²) in [5, 5.41) is 2.92. The molecule has 1 N–H and O–H groups in total. The van der Waals surface area contributed by atoms with Gasteiger partial charge in [0, 0.05) is 24.8 Å². The smallest absolute Gasteiger partial charge is 0.270 e. The van der Waals surface area contributed by atoms with Crippen LogP contribution in [0.15, 0.2) is 60.9 Å². The Hall–Kier alpha value is -3.21. The van der Waals surface area contributed by atoms with Crippen molar-refractivity contribution in [2.75, 3.05) is 11.4 Å². The second kappa shape index (κ2) is 8.45. The van der Waals surface area contributed by atoms with Crippen LogP contribution in [0.1, 0.15) is 34.1 Å². The maximum atomic E-state index is 12.5. The van der Waals surface area contributed by atoms with Gasteiger partial charge in [-0.2, -0.15) is 0 Å². The lowest BCUT2D eigenvalue weighted by Crippen LogP contribution is -2.25. The fraction of sp³-hybridized carbons (Fsp3) is 0.227. The number of amides is 1. The minimum Gasteiger partial charge on any atom is -0.347 e. The molecule has 3 rings (SSSR count). The first kappa shape index (κ1) is 18.6. The standard InChI is InChI=1S/C22H24N4O/c1-4-26(19-7-5-6-17(3)12-19)21-13-20(24-15-25-21)22(27)23-14-18-10-8-16(2)9-11-18/h5-13,15H,4,14H2,1-3H3,(H,23,27). The highest BCUT2D eigenvalue weighted by Gasteiger charge is 2.13. The zero-order chi connectivity index (χ0) is 19.2. The largest absolute Gasteiger partial charge is 0.347 e. The van der Waals surface area contributed by atoms with E-state index in [1.165, 1.54) is 17.5 Å². The zero-order valence-electron chi connectivity index (χ0n) is 15.9. The maximum Gasteiger partial charge on any atom is 0.270 e. The number of hydrogen-bond acceptors (Lipinski definition) is 4. The molecule has 0 saturated heterocycles. The molecule has 1 heterocycles. The Kier molecular flexibility index (Phi) is 5.81. The molecule has 0 radical (unpaired) electrons. The summed E-state index contributed by atoms with van der Waals surface area (Å²) in [4.78, 5) is 23.1. The molecule has 0 unspecified atom stereocenters. The van der Waals surface area contributed by atoms with Gasteiger partial charge >= 0.3 is 0 Å². The van der Waals surface area contributed by atoms with Crippen molar-refractivity contribution >= 4 is 17.4 Å². The van der Waals surface area contributed by atoms with E-state index in [0.717, 1.165) is 17.8 Å². The molecule has 5 heteroatoms. The third-order valence-corrected chi connectivity index (χ3v) is 4.37. The fourth-order valence-corrected chi connectivity index (χ4v) is 2.87. The first-order valence-corrected chi connectivity index (χ1v) is 9.07. The first-order chi connectivity index (χ1) is 13.1. The van der Waals surface area contributed by atoms with Gasteiger partial charge in [-0.1, -0.05) is 42.0 Å². The molecule has 27 heavy (non-hydrogen) atoms. The van der Waals surface area contributed by atoms with E-state index >= 15 is 0 Å². The van der Waals surface area contributed by atoms with E-state index in [1.54, 1.807) is 6.07 Å². The highest BCUT2D eigenvalue weighted by molar-refractivity contribution is 5.93. The zero-order valence-corrected chi connectivity index (χ0v) is 15.9. The van der Waals surface area contributed by atoms with Crippen LogP contribution >= 0.6 is 0 Å². The first-order valence-electron chi connectivity index (χ1n) is 9.07. The lowest BCUT2D eigenvalue weighted by Gasteiger charge is -2.22. The molecular weight excluding hydrogens is 336 g/mol. The Morgan fingerprint density at radius 1 is 1.00 bits per heavy atom. The van der Waals surface area contributed by atoms with Crippen LogP contribution in [0.25, 0.3) is 0 Å². The molecule has 2 aromatic carbocycles. The van der Waals surface area contributed by atoms with Crippen molar-refractivity contribution in [2.45, 2.75) is 27.3 Å². The predicted molar refractivity (Wildman–Crippen MR) is 108 cm³/mol. The molecule has 0 fully saturated rings. The highest BCUT2D eigenvalue weighted by atomic mass is 16.1. The van der Waals surface area contributed by atoms with Gasteiger partial charge in [0.1, 0.15) is 17.8 Å². The lowest BCUT2D eigenvalue weighted by molar-refractivity contribution is 0.0945.